The molecule has 3 aromatic carbocycles. The van der Waals surface area contributed by atoms with Crippen molar-refractivity contribution in [2.75, 3.05) is 0 Å². The maximum absolute atomic E-state index is 4.69. The molecular formula is C24H18N4. The third-order valence-electron chi connectivity index (χ3n) is 4.70. The van der Waals surface area contributed by atoms with Crippen molar-refractivity contribution in [1.29, 1.82) is 0 Å². The lowest BCUT2D eigenvalue weighted by molar-refractivity contribution is 1.31. The molecule has 4 nitrogen and oxygen atoms in total. The molecule has 0 aliphatic rings. The summed E-state index contributed by atoms with van der Waals surface area (Å²) in [6, 6.07) is 24.8. The van der Waals surface area contributed by atoms with Crippen LogP contribution < -0.4 is 0 Å². The van der Waals surface area contributed by atoms with Gasteiger partial charge in [0.25, 0.3) is 0 Å². The zero-order valence-corrected chi connectivity index (χ0v) is 15.1. The Balaban J connectivity index is 1.39. The molecule has 28 heavy (non-hydrogen) atoms. The number of nitrogens with zero attached hydrogens (tertiary/aromatic N) is 2. The molecule has 5 rings (SSSR count). The summed E-state index contributed by atoms with van der Waals surface area (Å²) in [6.07, 6.45) is 7.83. The monoisotopic (exact) mass is 362 g/mol. The highest BCUT2D eigenvalue weighted by Gasteiger charge is 2.05. The number of rotatable bonds is 4. The van der Waals surface area contributed by atoms with E-state index in [1.165, 1.54) is 0 Å². The van der Waals surface area contributed by atoms with Crippen molar-refractivity contribution in [3.05, 3.63) is 96.3 Å². The second kappa shape index (κ2) is 7.00. The van der Waals surface area contributed by atoms with Crippen LogP contribution in [0.4, 0.5) is 0 Å². The summed E-state index contributed by atoms with van der Waals surface area (Å²) in [6.45, 7) is 0. The van der Waals surface area contributed by atoms with E-state index in [1.54, 1.807) is 6.20 Å². The number of hydrogen-bond donors (Lipinski definition) is 2. The molecule has 0 unspecified atom stereocenters. The Morgan fingerprint density at radius 1 is 0.714 bits per heavy atom. The third-order valence-corrected chi connectivity index (χ3v) is 4.70. The van der Waals surface area contributed by atoms with E-state index in [4.69, 9.17) is 0 Å². The lowest BCUT2D eigenvalue weighted by Gasteiger charge is -2.00. The van der Waals surface area contributed by atoms with Crippen molar-refractivity contribution in [2.45, 2.75) is 0 Å². The van der Waals surface area contributed by atoms with Crippen LogP contribution in [0.3, 0.4) is 0 Å². The summed E-state index contributed by atoms with van der Waals surface area (Å²) in [5, 5.41) is 0. The average molecular weight is 362 g/mol. The summed E-state index contributed by atoms with van der Waals surface area (Å²) in [5.41, 5.74) is 6.46. The number of aromatic nitrogens is 4. The van der Waals surface area contributed by atoms with E-state index in [-0.39, 0.29) is 0 Å². The van der Waals surface area contributed by atoms with Gasteiger partial charge in [-0.2, -0.15) is 0 Å². The molecule has 0 aliphatic carbocycles. The van der Waals surface area contributed by atoms with Gasteiger partial charge in [0.15, 0.2) is 0 Å². The molecular weight excluding hydrogens is 344 g/mol. The van der Waals surface area contributed by atoms with E-state index in [0.717, 1.165) is 44.9 Å². The van der Waals surface area contributed by atoms with Gasteiger partial charge in [-0.05, 0) is 29.3 Å². The van der Waals surface area contributed by atoms with Gasteiger partial charge in [0.05, 0.1) is 11.0 Å². The van der Waals surface area contributed by atoms with E-state index in [2.05, 4.69) is 80.6 Å². The van der Waals surface area contributed by atoms with Crippen molar-refractivity contribution in [1.82, 2.24) is 19.9 Å². The van der Waals surface area contributed by atoms with E-state index < -0.39 is 0 Å². The van der Waals surface area contributed by atoms with Crippen molar-refractivity contribution < 1.29 is 0 Å². The number of aromatic amines is 2. The second-order valence-corrected chi connectivity index (χ2v) is 6.62. The van der Waals surface area contributed by atoms with Crippen LogP contribution in [-0.2, 0) is 0 Å². The van der Waals surface area contributed by atoms with E-state index in [9.17, 15) is 0 Å². The van der Waals surface area contributed by atoms with Gasteiger partial charge >= 0.3 is 0 Å². The molecule has 0 atom stereocenters. The number of hydrogen-bond acceptors (Lipinski definition) is 2. The van der Waals surface area contributed by atoms with E-state index in [1.807, 2.05) is 30.5 Å². The number of fused-ring (bicyclic) bond motifs is 1. The number of H-pyrrole nitrogens is 2. The summed E-state index contributed by atoms with van der Waals surface area (Å²) in [7, 11) is 0. The van der Waals surface area contributed by atoms with Crippen molar-refractivity contribution in [3.63, 3.8) is 0 Å². The maximum Gasteiger partial charge on any atom is 0.138 e. The van der Waals surface area contributed by atoms with Crippen LogP contribution in [0, 0.1) is 0 Å². The maximum atomic E-state index is 4.69. The molecule has 0 radical (unpaired) electrons. The van der Waals surface area contributed by atoms with Crippen LogP contribution in [0.2, 0.25) is 0 Å². The fourth-order valence-electron chi connectivity index (χ4n) is 3.25. The molecule has 2 aromatic heterocycles. The molecule has 2 N–H and O–H groups in total. The molecule has 5 aromatic rings. The van der Waals surface area contributed by atoms with Gasteiger partial charge < -0.3 is 9.97 Å². The summed E-state index contributed by atoms with van der Waals surface area (Å²) < 4.78 is 0. The third kappa shape index (κ3) is 3.23. The summed E-state index contributed by atoms with van der Waals surface area (Å²) in [5.74, 6) is 1.77. The van der Waals surface area contributed by atoms with Crippen LogP contribution in [-0.4, -0.2) is 19.9 Å². The fourth-order valence-corrected chi connectivity index (χ4v) is 3.25. The highest BCUT2D eigenvalue weighted by molar-refractivity contribution is 5.80. The fraction of sp³-hybridized carbons (Fsp3) is 0. The molecule has 4 heteroatoms. The lowest BCUT2D eigenvalue weighted by atomic mass is 10.1. The molecule has 0 saturated carbocycles. The van der Waals surface area contributed by atoms with E-state index in [0.29, 0.717) is 0 Å². The van der Waals surface area contributed by atoms with Gasteiger partial charge in [0.1, 0.15) is 11.6 Å². The average Bonchev–Trinajstić information content (AvgIpc) is 3.43. The molecule has 0 spiro atoms. The number of imidazole rings is 2. The van der Waals surface area contributed by atoms with Gasteiger partial charge in [0.2, 0.25) is 0 Å². The van der Waals surface area contributed by atoms with Crippen molar-refractivity contribution in [3.8, 4) is 22.8 Å². The number of benzene rings is 3. The predicted molar refractivity (Wildman–Crippen MR) is 114 cm³/mol. The minimum Gasteiger partial charge on any atom is -0.345 e. The Bertz CT molecular complexity index is 1210. The van der Waals surface area contributed by atoms with Crippen LogP contribution in [0.25, 0.3) is 46.0 Å². The Morgan fingerprint density at radius 2 is 1.57 bits per heavy atom. The Kier molecular flexibility index (Phi) is 4.07. The molecule has 0 bridgehead atoms. The zero-order valence-electron chi connectivity index (χ0n) is 15.1. The molecule has 0 fully saturated rings. The zero-order chi connectivity index (χ0) is 18.8. The van der Waals surface area contributed by atoms with Crippen LogP contribution in [0.1, 0.15) is 11.1 Å². The van der Waals surface area contributed by atoms with Crippen molar-refractivity contribution in [2.24, 2.45) is 0 Å². The highest BCUT2D eigenvalue weighted by Crippen LogP contribution is 2.22. The quantitative estimate of drug-likeness (QED) is 0.398. The largest absolute Gasteiger partial charge is 0.345 e. The van der Waals surface area contributed by atoms with Crippen LogP contribution in [0.15, 0.2) is 85.2 Å². The van der Waals surface area contributed by atoms with E-state index >= 15 is 0 Å². The van der Waals surface area contributed by atoms with Gasteiger partial charge in [-0.15, -0.1) is 0 Å². The summed E-state index contributed by atoms with van der Waals surface area (Å²) >= 11 is 0. The van der Waals surface area contributed by atoms with Gasteiger partial charge in [0, 0.05) is 23.5 Å². The predicted octanol–water partition coefficient (Wildman–Crippen LogP) is 5.79. The SMILES string of the molecule is C(=C\c1cccc(-c2nc3ccccc3[nH]2)c1)/c1ccc(-c2ncc[nH]2)cc1. The molecule has 2 heterocycles. The topological polar surface area (TPSA) is 57.4 Å². The normalized spacial score (nSPS) is 11.4. The number of para-hydroxylation sites is 2. The van der Waals surface area contributed by atoms with Crippen LogP contribution >= 0.6 is 0 Å². The van der Waals surface area contributed by atoms with Gasteiger partial charge in [-0.1, -0.05) is 66.7 Å². The molecule has 0 saturated heterocycles. The molecule has 0 aliphatic heterocycles. The smallest absolute Gasteiger partial charge is 0.138 e. The van der Waals surface area contributed by atoms with Gasteiger partial charge in [-0.3, -0.25) is 0 Å². The Morgan fingerprint density at radius 3 is 2.39 bits per heavy atom. The van der Waals surface area contributed by atoms with Gasteiger partial charge in [-0.25, -0.2) is 9.97 Å². The first-order chi connectivity index (χ1) is 13.8. The molecule has 134 valence electrons. The Labute approximate surface area is 162 Å². The standard InChI is InChI=1S/C24H18N4/c1-2-7-22-21(6-1)27-24(28-22)20-5-3-4-18(16-20)9-8-17-10-12-19(13-11-17)23-25-14-15-26-23/h1-16H,(H,25,26)(H,27,28)/b9-8+. The first-order valence-electron chi connectivity index (χ1n) is 9.18. The molecule has 0 amide bonds. The lowest BCUT2D eigenvalue weighted by Crippen LogP contribution is -1.82. The van der Waals surface area contributed by atoms with Crippen LogP contribution in [0.5, 0.6) is 0 Å². The first kappa shape index (κ1) is 16.3. The highest BCUT2D eigenvalue weighted by atomic mass is 14.9. The van der Waals surface area contributed by atoms with Crippen molar-refractivity contribution >= 4 is 23.2 Å². The number of nitrogens with one attached hydrogen (secondary N) is 2. The minimum absolute atomic E-state index is 0.883. The first-order valence-corrected chi connectivity index (χ1v) is 9.18. The second-order valence-electron chi connectivity index (χ2n) is 6.62. The minimum atomic E-state index is 0.883. The summed E-state index contributed by atoms with van der Waals surface area (Å²) in [4.78, 5) is 15.5. The Hall–Kier alpha value is -3.92.